The van der Waals surface area contributed by atoms with E-state index in [4.69, 9.17) is 28.5 Å². The lowest BCUT2D eigenvalue weighted by atomic mass is 10.5. The molecule has 0 aromatic carbocycles. The highest BCUT2D eigenvalue weighted by Gasteiger charge is 2.15. The van der Waals surface area contributed by atoms with Gasteiger partial charge >= 0.3 is 0 Å². The lowest BCUT2D eigenvalue weighted by molar-refractivity contribution is -0.127. The normalized spacial score (nSPS) is 9.10. The molecule has 0 aliphatic carbocycles. The Labute approximate surface area is 69.1 Å². The highest BCUT2D eigenvalue weighted by atomic mass is 35.5. The molecule has 0 fully saturated rings. The summed E-state index contributed by atoms with van der Waals surface area (Å²) < 4.78 is 0. The zero-order valence-corrected chi connectivity index (χ0v) is 6.85. The second-order valence-corrected chi connectivity index (χ2v) is 2.75. The van der Waals surface area contributed by atoms with Crippen LogP contribution in [0.5, 0.6) is 0 Å². The summed E-state index contributed by atoms with van der Waals surface area (Å²) in [6.07, 6.45) is 0. The first-order valence-electron chi connectivity index (χ1n) is 2.49. The van der Waals surface area contributed by atoms with Crippen molar-refractivity contribution >= 4 is 29.1 Å². The number of amides is 1. The monoisotopic (exact) mass is 180 g/mol. The lowest BCUT2D eigenvalue weighted by Gasteiger charge is -2.12. The maximum absolute atomic E-state index is 10.7. The zero-order chi connectivity index (χ0) is 8.15. The van der Waals surface area contributed by atoms with E-state index in [1.54, 1.807) is 6.07 Å². The molecule has 0 atom stereocenters. The predicted octanol–water partition coefficient (Wildman–Crippen LogP) is 0.772. The second kappa shape index (κ2) is 4.37. The van der Waals surface area contributed by atoms with Gasteiger partial charge in [-0.15, -0.1) is 0 Å². The minimum atomic E-state index is -1.07. The van der Waals surface area contributed by atoms with Gasteiger partial charge < -0.3 is 4.90 Å². The van der Waals surface area contributed by atoms with Crippen molar-refractivity contribution in [1.29, 1.82) is 5.26 Å². The number of rotatable bonds is 2. The van der Waals surface area contributed by atoms with Crippen LogP contribution < -0.4 is 0 Å². The van der Waals surface area contributed by atoms with E-state index in [9.17, 15) is 4.79 Å². The van der Waals surface area contributed by atoms with Crippen LogP contribution in [0, 0.1) is 11.3 Å². The Morgan fingerprint density at radius 3 is 2.60 bits per heavy atom. The molecule has 5 heteroatoms. The van der Waals surface area contributed by atoms with Gasteiger partial charge in [-0.25, -0.2) is 0 Å². The molecule has 0 aromatic rings. The molecule has 0 spiro atoms. The maximum atomic E-state index is 10.7. The minimum Gasteiger partial charge on any atom is -0.330 e. The van der Waals surface area contributed by atoms with E-state index in [-0.39, 0.29) is 6.54 Å². The molecule has 0 rings (SSSR count). The summed E-state index contributed by atoms with van der Waals surface area (Å²) in [7, 11) is 1.46. The lowest BCUT2D eigenvalue weighted by Crippen LogP contribution is -2.31. The van der Waals surface area contributed by atoms with E-state index >= 15 is 0 Å². The van der Waals surface area contributed by atoms with E-state index in [0.29, 0.717) is 0 Å². The first-order valence-corrected chi connectivity index (χ1v) is 3.37. The van der Waals surface area contributed by atoms with Crippen LogP contribution in [-0.4, -0.2) is 29.2 Å². The summed E-state index contributed by atoms with van der Waals surface area (Å²) in [6.45, 7) is 0.00870. The van der Waals surface area contributed by atoms with Gasteiger partial charge in [0.25, 0.3) is 5.91 Å². The van der Waals surface area contributed by atoms with Crippen LogP contribution in [0.4, 0.5) is 0 Å². The Hall–Kier alpha value is -0.460. The molecular formula is C5H6Cl2N2O. The highest BCUT2D eigenvalue weighted by Crippen LogP contribution is 2.04. The second-order valence-electron chi connectivity index (χ2n) is 1.65. The molecule has 0 bridgehead atoms. The molecule has 0 saturated heterocycles. The average Bonchev–Trinajstić information content (AvgIpc) is 1.87. The molecule has 1 amide bonds. The topological polar surface area (TPSA) is 44.1 Å². The molecule has 0 unspecified atom stereocenters. The fraction of sp³-hybridized carbons (Fsp3) is 0.600. The van der Waals surface area contributed by atoms with Crippen molar-refractivity contribution in [2.75, 3.05) is 13.6 Å². The van der Waals surface area contributed by atoms with E-state index < -0.39 is 10.7 Å². The van der Waals surface area contributed by atoms with Crippen molar-refractivity contribution in [3.63, 3.8) is 0 Å². The van der Waals surface area contributed by atoms with Crippen molar-refractivity contribution < 1.29 is 4.79 Å². The van der Waals surface area contributed by atoms with E-state index in [1.165, 1.54) is 7.05 Å². The fourth-order valence-corrected chi connectivity index (χ4v) is 0.684. The summed E-state index contributed by atoms with van der Waals surface area (Å²) in [6, 6.07) is 1.79. The summed E-state index contributed by atoms with van der Waals surface area (Å²) in [4.78, 5) is 10.8. The van der Waals surface area contributed by atoms with Gasteiger partial charge in [0.1, 0.15) is 6.54 Å². The van der Waals surface area contributed by atoms with Gasteiger partial charge in [0.15, 0.2) is 4.84 Å². The zero-order valence-electron chi connectivity index (χ0n) is 5.34. The molecular weight excluding hydrogens is 175 g/mol. The van der Waals surface area contributed by atoms with Crippen molar-refractivity contribution in [2.24, 2.45) is 0 Å². The van der Waals surface area contributed by atoms with Gasteiger partial charge in [-0.05, 0) is 0 Å². The molecule has 0 radical (unpaired) electrons. The van der Waals surface area contributed by atoms with Crippen molar-refractivity contribution in [1.82, 2.24) is 4.90 Å². The van der Waals surface area contributed by atoms with Gasteiger partial charge in [0, 0.05) is 7.05 Å². The third kappa shape index (κ3) is 2.90. The van der Waals surface area contributed by atoms with Gasteiger partial charge in [0.2, 0.25) is 0 Å². The van der Waals surface area contributed by atoms with E-state index in [2.05, 4.69) is 0 Å². The minimum absolute atomic E-state index is 0.00870. The van der Waals surface area contributed by atoms with Crippen LogP contribution in [0.2, 0.25) is 0 Å². The Morgan fingerprint density at radius 1 is 1.80 bits per heavy atom. The van der Waals surface area contributed by atoms with Gasteiger partial charge in [-0.2, -0.15) is 5.26 Å². The number of carbonyl (C=O) groups is 1. The third-order valence-electron chi connectivity index (χ3n) is 0.871. The molecule has 0 aromatic heterocycles. The maximum Gasteiger partial charge on any atom is 0.256 e. The molecule has 0 N–H and O–H groups in total. The van der Waals surface area contributed by atoms with Gasteiger partial charge in [0.05, 0.1) is 6.07 Å². The number of hydrogen-bond acceptors (Lipinski definition) is 2. The molecule has 0 aliphatic rings. The Morgan fingerprint density at radius 2 is 2.30 bits per heavy atom. The van der Waals surface area contributed by atoms with Crippen LogP contribution in [0.25, 0.3) is 0 Å². The SMILES string of the molecule is CN(CC#N)C(=O)C(Cl)Cl. The summed E-state index contributed by atoms with van der Waals surface area (Å²) in [5.74, 6) is -0.454. The number of halogens is 2. The molecule has 3 nitrogen and oxygen atoms in total. The van der Waals surface area contributed by atoms with Crippen LogP contribution in [0.1, 0.15) is 0 Å². The van der Waals surface area contributed by atoms with Crippen molar-refractivity contribution in [3.05, 3.63) is 0 Å². The molecule has 0 saturated carbocycles. The van der Waals surface area contributed by atoms with Crippen molar-refractivity contribution in [3.8, 4) is 6.07 Å². The third-order valence-corrected chi connectivity index (χ3v) is 1.24. The number of nitrogens with zero attached hydrogens (tertiary/aromatic N) is 2. The predicted molar refractivity (Wildman–Crippen MR) is 38.7 cm³/mol. The summed E-state index contributed by atoms with van der Waals surface area (Å²) in [5, 5.41) is 8.14. The standard InChI is InChI=1S/C5H6Cl2N2O/c1-9(3-2-8)5(10)4(6)7/h4H,3H2,1H3. The van der Waals surface area contributed by atoms with Crippen LogP contribution in [-0.2, 0) is 4.79 Å². The van der Waals surface area contributed by atoms with E-state index in [1.807, 2.05) is 0 Å². The number of hydrogen-bond donors (Lipinski definition) is 0. The largest absolute Gasteiger partial charge is 0.330 e. The smallest absolute Gasteiger partial charge is 0.256 e. The number of carbonyl (C=O) groups excluding carboxylic acids is 1. The average molecular weight is 181 g/mol. The molecule has 0 aliphatic heterocycles. The van der Waals surface area contributed by atoms with Crippen LogP contribution in [0.15, 0.2) is 0 Å². The fourth-order valence-electron chi connectivity index (χ4n) is 0.351. The Balaban J connectivity index is 3.85. The van der Waals surface area contributed by atoms with E-state index in [0.717, 1.165) is 4.90 Å². The quantitative estimate of drug-likeness (QED) is 0.466. The Bertz CT molecular complexity index is 164. The van der Waals surface area contributed by atoms with Gasteiger partial charge in [-0.1, -0.05) is 23.2 Å². The first-order chi connectivity index (χ1) is 4.59. The van der Waals surface area contributed by atoms with Crippen LogP contribution in [0.3, 0.4) is 0 Å². The summed E-state index contributed by atoms with van der Waals surface area (Å²) in [5.41, 5.74) is 0. The highest BCUT2D eigenvalue weighted by molar-refractivity contribution is 6.53. The molecule has 56 valence electrons. The number of alkyl halides is 2. The molecule has 10 heavy (non-hydrogen) atoms. The molecule has 0 heterocycles. The summed E-state index contributed by atoms with van der Waals surface area (Å²) >= 11 is 10.4. The first kappa shape index (κ1) is 9.54. The van der Waals surface area contributed by atoms with Gasteiger partial charge in [-0.3, -0.25) is 4.79 Å². The Kier molecular flexibility index (Phi) is 4.17. The van der Waals surface area contributed by atoms with Crippen LogP contribution >= 0.6 is 23.2 Å². The van der Waals surface area contributed by atoms with Crippen molar-refractivity contribution in [2.45, 2.75) is 4.84 Å². The number of nitriles is 1.